The molecule has 0 radical (unpaired) electrons. The highest BCUT2D eigenvalue weighted by Crippen LogP contribution is 1.84. The van der Waals surface area contributed by atoms with Crippen LogP contribution in [0.25, 0.3) is 0 Å². The summed E-state index contributed by atoms with van der Waals surface area (Å²) in [4.78, 5) is 0. The van der Waals surface area contributed by atoms with Gasteiger partial charge in [-0.2, -0.15) is 5.26 Å². The Bertz CT molecular complexity index is 127. The van der Waals surface area contributed by atoms with Gasteiger partial charge in [0, 0.05) is 13.0 Å². The SMILES string of the molecule is N#CCCCNC(=S)S. The van der Waals surface area contributed by atoms with Crippen molar-refractivity contribution < 1.29 is 0 Å². The Balaban J connectivity index is 2.94. The van der Waals surface area contributed by atoms with Crippen LogP contribution in [0, 0.1) is 11.3 Å². The summed E-state index contributed by atoms with van der Waals surface area (Å²) in [5, 5.41) is 10.9. The maximum atomic E-state index is 8.10. The number of nitrogens with one attached hydrogen (secondary N) is 1. The Morgan fingerprint density at radius 1 is 1.78 bits per heavy atom. The Morgan fingerprint density at radius 2 is 2.44 bits per heavy atom. The van der Waals surface area contributed by atoms with Gasteiger partial charge in [-0.15, -0.1) is 12.6 Å². The number of unbranched alkanes of at least 4 members (excludes halogenated alkanes) is 1. The Labute approximate surface area is 65.7 Å². The standard InChI is InChI=1S/C5H8N2S2/c6-3-1-2-4-7-5(8)9/h1-2,4H2,(H2,7,8,9). The normalized spacial score (nSPS) is 8.00. The third-order valence-electron chi connectivity index (χ3n) is 0.742. The maximum absolute atomic E-state index is 8.10. The van der Waals surface area contributed by atoms with Crippen molar-refractivity contribution in [1.82, 2.24) is 5.32 Å². The van der Waals surface area contributed by atoms with Crippen LogP contribution in [-0.2, 0) is 0 Å². The van der Waals surface area contributed by atoms with Crippen molar-refractivity contribution in [2.24, 2.45) is 0 Å². The highest BCUT2D eigenvalue weighted by molar-refractivity contribution is 8.11. The number of hydrogen-bond acceptors (Lipinski definition) is 2. The largest absolute Gasteiger partial charge is 0.371 e. The van der Waals surface area contributed by atoms with E-state index >= 15 is 0 Å². The van der Waals surface area contributed by atoms with Gasteiger partial charge in [-0.25, -0.2) is 0 Å². The summed E-state index contributed by atoms with van der Waals surface area (Å²) < 4.78 is 0.493. The fraction of sp³-hybridized carbons (Fsp3) is 0.600. The Morgan fingerprint density at radius 3 is 2.89 bits per heavy atom. The van der Waals surface area contributed by atoms with Gasteiger partial charge in [0.1, 0.15) is 4.32 Å². The molecule has 1 N–H and O–H groups in total. The van der Waals surface area contributed by atoms with Crippen LogP contribution in [0.15, 0.2) is 0 Å². The molecule has 0 aliphatic heterocycles. The molecule has 4 heteroatoms. The van der Waals surface area contributed by atoms with Crippen LogP contribution in [0.5, 0.6) is 0 Å². The Hall–Kier alpha value is -0.270. The van der Waals surface area contributed by atoms with Crippen molar-refractivity contribution >= 4 is 29.2 Å². The van der Waals surface area contributed by atoms with Gasteiger partial charge in [0.2, 0.25) is 0 Å². The molecule has 0 aromatic heterocycles. The number of rotatable bonds is 3. The van der Waals surface area contributed by atoms with Gasteiger partial charge in [0.25, 0.3) is 0 Å². The molecular weight excluding hydrogens is 152 g/mol. The molecule has 0 bridgehead atoms. The van der Waals surface area contributed by atoms with E-state index in [0.29, 0.717) is 10.7 Å². The third-order valence-corrected chi connectivity index (χ3v) is 1.04. The highest BCUT2D eigenvalue weighted by atomic mass is 32.1. The number of nitrogens with zero attached hydrogens (tertiary/aromatic N) is 1. The minimum atomic E-state index is 0.493. The minimum Gasteiger partial charge on any atom is -0.371 e. The summed E-state index contributed by atoms with van der Waals surface area (Å²) in [6.45, 7) is 0.746. The van der Waals surface area contributed by atoms with Gasteiger partial charge in [-0.3, -0.25) is 0 Å². The molecule has 0 aliphatic rings. The fourth-order valence-corrected chi connectivity index (χ4v) is 0.577. The average molecular weight is 160 g/mol. The van der Waals surface area contributed by atoms with Gasteiger partial charge >= 0.3 is 0 Å². The summed E-state index contributed by atoms with van der Waals surface area (Å²) in [7, 11) is 0. The Kier molecular flexibility index (Phi) is 5.68. The molecule has 0 rings (SSSR count). The highest BCUT2D eigenvalue weighted by Gasteiger charge is 1.85. The van der Waals surface area contributed by atoms with Gasteiger partial charge in [0.15, 0.2) is 0 Å². The zero-order chi connectivity index (χ0) is 7.11. The molecule has 0 amide bonds. The topological polar surface area (TPSA) is 35.8 Å². The summed E-state index contributed by atoms with van der Waals surface area (Å²) in [5.41, 5.74) is 0. The fourth-order valence-electron chi connectivity index (χ4n) is 0.363. The minimum absolute atomic E-state index is 0.493. The first kappa shape index (κ1) is 8.73. The van der Waals surface area contributed by atoms with Gasteiger partial charge in [-0.05, 0) is 6.42 Å². The molecule has 0 aliphatic carbocycles. The first-order valence-corrected chi connectivity index (χ1v) is 3.46. The van der Waals surface area contributed by atoms with E-state index in [9.17, 15) is 0 Å². The van der Waals surface area contributed by atoms with Crippen LogP contribution in [-0.4, -0.2) is 10.9 Å². The van der Waals surface area contributed by atoms with Gasteiger partial charge in [0.05, 0.1) is 6.07 Å². The summed E-state index contributed by atoms with van der Waals surface area (Å²) in [6, 6.07) is 2.03. The van der Waals surface area contributed by atoms with E-state index in [1.807, 2.05) is 6.07 Å². The van der Waals surface area contributed by atoms with Gasteiger partial charge in [-0.1, -0.05) is 12.2 Å². The van der Waals surface area contributed by atoms with Crippen molar-refractivity contribution in [3.63, 3.8) is 0 Å². The molecule has 0 heterocycles. The van der Waals surface area contributed by atoms with E-state index in [1.165, 1.54) is 0 Å². The lowest BCUT2D eigenvalue weighted by atomic mass is 10.3. The molecule has 0 spiro atoms. The molecule has 2 nitrogen and oxygen atoms in total. The lowest BCUT2D eigenvalue weighted by Crippen LogP contribution is -2.16. The number of thiol groups is 1. The van der Waals surface area contributed by atoms with E-state index < -0.39 is 0 Å². The quantitative estimate of drug-likeness (QED) is 0.368. The predicted molar refractivity (Wildman–Crippen MR) is 44.4 cm³/mol. The average Bonchev–Trinajstić information content (AvgIpc) is 1.80. The molecule has 0 atom stereocenters. The lowest BCUT2D eigenvalue weighted by Gasteiger charge is -1.97. The molecule has 0 aromatic rings. The van der Waals surface area contributed by atoms with E-state index in [1.54, 1.807) is 0 Å². The van der Waals surface area contributed by atoms with Crippen molar-refractivity contribution in [1.29, 1.82) is 5.26 Å². The van der Waals surface area contributed by atoms with E-state index in [4.69, 9.17) is 5.26 Å². The van der Waals surface area contributed by atoms with Crippen LogP contribution in [0.1, 0.15) is 12.8 Å². The lowest BCUT2D eigenvalue weighted by molar-refractivity contribution is 0.805. The monoisotopic (exact) mass is 160 g/mol. The van der Waals surface area contributed by atoms with E-state index in [2.05, 4.69) is 30.2 Å². The predicted octanol–water partition coefficient (Wildman–Crippen LogP) is 1.09. The first-order chi connectivity index (χ1) is 4.27. The number of hydrogen-bond donors (Lipinski definition) is 2. The summed E-state index contributed by atoms with van der Waals surface area (Å²) in [6.07, 6.45) is 1.40. The van der Waals surface area contributed by atoms with Crippen LogP contribution in [0.3, 0.4) is 0 Å². The summed E-state index contributed by atoms with van der Waals surface area (Å²) >= 11 is 8.45. The van der Waals surface area contributed by atoms with Crippen molar-refractivity contribution in [3.8, 4) is 6.07 Å². The molecule has 0 saturated heterocycles. The zero-order valence-electron chi connectivity index (χ0n) is 4.92. The molecule has 9 heavy (non-hydrogen) atoms. The van der Waals surface area contributed by atoms with Gasteiger partial charge < -0.3 is 5.32 Å². The smallest absolute Gasteiger partial charge is 0.130 e. The molecule has 0 aromatic carbocycles. The van der Waals surface area contributed by atoms with Crippen molar-refractivity contribution in [2.75, 3.05) is 6.54 Å². The van der Waals surface area contributed by atoms with Crippen LogP contribution in [0.2, 0.25) is 0 Å². The third kappa shape index (κ3) is 7.73. The van der Waals surface area contributed by atoms with E-state index in [0.717, 1.165) is 13.0 Å². The van der Waals surface area contributed by atoms with Crippen molar-refractivity contribution in [2.45, 2.75) is 12.8 Å². The molecule has 0 saturated carbocycles. The molecule has 0 unspecified atom stereocenters. The molecule has 50 valence electrons. The van der Waals surface area contributed by atoms with Crippen LogP contribution in [0.4, 0.5) is 0 Å². The first-order valence-electron chi connectivity index (χ1n) is 2.61. The number of nitriles is 1. The second-order valence-electron chi connectivity index (χ2n) is 1.49. The molecule has 0 fully saturated rings. The zero-order valence-corrected chi connectivity index (χ0v) is 6.63. The van der Waals surface area contributed by atoms with Crippen molar-refractivity contribution in [3.05, 3.63) is 0 Å². The number of thiocarbonyl (C=S) groups is 1. The van der Waals surface area contributed by atoms with E-state index in [-0.39, 0.29) is 0 Å². The second kappa shape index (κ2) is 5.86. The van der Waals surface area contributed by atoms with Crippen LogP contribution >= 0.6 is 24.8 Å². The second-order valence-corrected chi connectivity index (χ2v) is 2.65. The summed E-state index contributed by atoms with van der Waals surface area (Å²) in [5.74, 6) is 0. The molecular formula is C5H8N2S2. The maximum Gasteiger partial charge on any atom is 0.130 e. The van der Waals surface area contributed by atoms with Crippen LogP contribution < -0.4 is 5.32 Å².